The number of nitrogens with zero attached hydrogens (tertiary/aromatic N) is 5. The van der Waals surface area contributed by atoms with E-state index in [1.54, 1.807) is 57.5 Å². The number of nitrogens with one attached hydrogen (secondary N) is 3. The van der Waals surface area contributed by atoms with Crippen LogP contribution in [0.4, 0.5) is 23.3 Å². The Kier molecular flexibility index (Phi) is 9.85. The highest BCUT2D eigenvalue weighted by atomic mass is 32.2. The van der Waals surface area contributed by atoms with Crippen LogP contribution in [0.15, 0.2) is 53.6 Å². The molecule has 4 N–H and O–H groups in total. The first-order valence-corrected chi connectivity index (χ1v) is 16.5. The average molecular weight is 637 g/mol. The van der Waals surface area contributed by atoms with Crippen LogP contribution in [0.2, 0.25) is 0 Å². The number of carbonyl (C=O) groups excluding carboxylic acids is 1. The molecule has 240 valence electrons. The molecular weight excluding hydrogens is 596 g/mol. The monoisotopic (exact) mass is 636 g/mol. The number of hydrogen-bond donors (Lipinski definition) is 4. The van der Waals surface area contributed by atoms with Crippen molar-refractivity contribution in [2.45, 2.75) is 49.7 Å². The summed E-state index contributed by atoms with van der Waals surface area (Å²) in [5, 5.41) is 22.1. The highest BCUT2D eigenvalue weighted by Crippen LogP contribution is 2.37. The number of piperidine rings is 1. The standard InChI is InChI=1S/C31H40N8O5S/c1-20(2)45(42,43)27-8-6-5-7-24(27)35-31-37-30(36-28-9-12-33-39(28)31)34-25-17-21(3)23(18-26(25)44-4)22-10-14-38(15-11-22)29(41)19-32-13-16-40/h5-9,12,17-18,20,22,32,40H,10-11,13-16,19H2,1-4H3,(H2,34,35,36,37). The molecule has 0 spiro atoms. The number of sulfone groups is 1. The van der Waals surface area contributed by atoms with Crippen molar-refractivity contribution >= 4 is 44.7 Å². The van der Waals surface area contributed by atoms with E-state index in [0.29, 0.717) is 48.4 Å². The average Bonchev–Trinajstić information content (AvgIpc) is 3.51. The molecular formula is C31H40N8O5S. The van der Waals surface area contributed by atoms with Crippen molar-refractivity contribution in [1.82, 2.24) is 29.8 Å². The zero-order valence-corrected chi connectivity index (χ0v) is 26.8. The highest BCUT2D eigenvalue weighted by Gasteiger charge is 2.26. The SMILES string of the molecule is COc1cc(C2CCN(C(=O)CNCCO)CC2)c(C)cc1Nc1nc(Nc2ccccc2S(=O)(=O)C(C)C)n2nccc2n1. The van der Waals surface area contributed by atoms with E-state index in [-0.39, 0.29) is 35.8 Å². The van der Waals surface area contributed by atoms with Crippen LogP contribution in [-0.4, -0.2) is 89.1 Å². The van der Waals surface area contributed by atoms with Gasteiger partial charge in [0.1, 0.15) is 5.75 Å². The summed E-state index contributed by atoms with van der Waals surface area (Å²) in [6, 6.07) is 12.5. The number of carbonyl (C=O) groups is 1. The second-order valence-corrected chi connectivity index (χ2v) is 13.7. The molecule has 0 aliphatic carbocycles. The van der Waals surface area contributed by atoms with E-state index in [4.69, 9.17) is 9.84 Å². The molecule has 14 heteroatoms. The zero-order valence-electron chi connectivity index (χ0n) is 25.9. The lowest BCUT2D eigenvalue weighted by Gasteiger charge is -2.33. The molecule has 5 rings (SSSR count). The molecule has 3 heterocycles. The lowest BCUT2D eigenvalue weighted by atomic mass is 9.86. The number of hydrogen-bond acceptors (Lipinski definition) is 11. The quantitative estimate of drug-likeness (QED) is 0.169. The van der Waals surface area contributed by atoms with Gasteiger partial charge in [0.15, 0.2) is 15.5 Å². The van der Waals surface area contributed by atoms with Gasteiger partial charge in [0.05, 0.1) is 48.0 Å². The summed E-state index contributed by atoms with van der Waals surface area (Å²) >= 11 is 0. The number of aliphatic hydroxyl groups excluding tert-OH is 1. The second kappa shape index (κ2) is 13.8. The smallest absolute Gasteiger partial charge is 0.236 e. The van der Waals surface area contributed by atoms with Gasteiger partial charge in [-0.05, 0) is 74.9 Å². The molecule has 1 fully saturated rings. The molecule has 1 aliphatic rings. The summed E-state index contributed by atoms with van der Waals surface area (Å²) in [5.74, 6) is 1.52. The Labute approximate surface area is 262 Å². The lowest BCUT2D eigenvalue weighted by molar-refractivity contribution is -0.131. The first-order valence-electron chi connectivity index (χ1n) is 15.0. The highest BCUT2D eigenvalue weighted by molar-refractivity contribution is 7.92. The molecule has 1 aliphatic heterocycles. The van der Waals surface area contributed by atoms with Crippen molar-refractivity contribution in [2.75, 3.05) is 50.5 Å². The Morgan fingerprint density at radius 1 is 1.09 bits per heavy atom. The Morgan fingerprint density at radius 3 is 2.56 bits per heavy atom. The van der Waals surface area contributed by atoms with Crippen molar-refractivity contribution in [2.24, 2.45) is 0 Å². The van der Waals surface area contributed by atoms with Gasteiger partial charge in [0.25, 0.3) is 0 Å². The van der Waals surface area contributed by atoms with Crippen molar-refractivity contribution in [3.63, 3.8) is 0 Å². The Morgan fingerprint density at radius 2 is 1.84 bits per heavy atom. The minimum atomic E-state index is -3.56. The van der Waals surface area contributed by atoms with Gasteiger partial charge < -0.3 is 30.7 Å². The molecule has 0 unspecified atom stereocenters. The number of aromatic nitrogens is 4. The van der Waals surface area contributed by atoms with Gasteiger partial charge in [0.2, 0.25) is 17.8 Å². The maximum absolute atomic E-state index is 13.1. The predicted octanol–water partition coefficient (Wildman–Crippen LogP) is 3.40. The van der Waals surface area contributed by atoms with Gasteiger partial charge in [0, 0.05) is 25.7 Å². The number of rotatable bonds is 12. The normalized spacial score (nSPS) is 14.2. The summed E-state index contributed by atoms with van der Waals surface area (Å²) < 4.78 is 33.4. The van der Waals surface area contributed by atoms with Gasteiger partial charge >= 0.3 is 0 Å². The number of para-hydroxylation sites is 1. The van der Waals surface area contributed by atoms with Gasteiger partial charge in [-0.1, -0.05) is 12.1 Å². The molecule has 13 nitrogen and oxygen atoms in total. The zero-order chi connectivity index (χ0) is 32.1. The van der Waals surface area contributed by atoms with E-state index in [1.807, 2.05) is 17.0 Å². The summed E-state index contributed by atoms with van der Waals surface area (Å²) in [4.78, 5) is 23.8. The number of likely N-dealkylation sites (tertiary alicyclic amines) is 1. The molecule has 2 aromatic carbocycles. The lowest BCUT2D eigenvalue weighted by Crippen LogP contribution is -2.43. The van der Waals surface area contributed by atoms with Crippen LogP contribution >= 0.6 is 0 Å². The van der Waals surface area contributed by atoms with E-state index >= 15 is 0 Å². The molecule has 45 heavy (non-hydrogen) atoms. The van der Waals surface area contributed by atoms with Crippen LogP contribution in [0.25, 0.3) is 5.65 Å². The number of fused-ring (bicyclic) bond motifs is 1. The minimum absolute atomic E-state index is 0.00316. The van der Waals surface area contributed by atoms with E-state index in [1.165, 1.54) is 10.1 Å². The summed E-state index contributed by atoms with van der Waals surface area (Å²) in [5.41, 5.74) is 3.82. The van der Waals surface area contributed by atoms with Crippen molar-refractivity contribution < 1.29 is 23.1 Å². The third kappa shape index (κ3) is 7.02. The van der Waals surface area contributed by atoms with Crippen LogP contribution in [0.3, 0.4) is 0 Å². The topological polar surface area (TPSA) is 163 Å². The first-order chi connectivity index (χ1) is 21.6. The number of methoxy groups -OCH3 is 1. The van der Waals surface area contributed by atoms with E-state index in [2.05, 4.69) is 37.9 Å². The molecule has 1 saturated heterocycles. The van der Waals surface area contributed by atoms with Crippen LogP contribution in [0.1, 0.15) is 43.7 Å². The van der Waals surface area contributed by atoms with Crippen LogP contribution in [0.5, 0.6) is 5.75 Å². The summed E-state index contributed by atoms with van der Waals surface area (Å²) in [6.45, 7) is 7.32. The fourth-order valence-corrected chi connectivity index (χ4v) is 6.71. The minimum Gasteiger partial charge on any atom is -0.495 e. The van der Waals surface area contributed by atoms with Gasteiger partial charge in [-0.25, -0.2) is 8.42 Å². The van der Waals surface area contributed by atoms with Crippen LogP contribution in [0, 0.1) is 6.92 Å². The molecule has 4 aromatic rings. The Balaban J connectivity index is 1.38. The fraction of sp³-hybridized carbons (Fsp3) is 0.419. The largest absolute Gasteiger partial charge is 0.495 e. The number of benzene rings is 2. The predicted molar refractivity (Wildman–Crippen MR) is 172 cm³/mol. The van der Waals surface area contributed by atoms with Gasteiger partial charge in [-0.3, -0.25) is 4.79 Å². The van der Waals surface area contributed by atoms with E-state index in [0.717, 1.165) is 18.4 Å². The van der Waals surface area contributed by atoms with E-state index < -0.39 is 15.1 Å². The van der Waals surface area contributed by atoms with Gasteiger partial charge in [-0.2, -0.15) is 19.6 Å². The van der Waals surface area contributed by atoms with Crippen LogP contribution in [-0.2, 0) is 14.6 Å². The number of amides is 1. The second-order valence-electron chi connectivity index (χ2n) is 11.3. The molecule has 2 aromatic heterocycles. The van der Waals surface area contributed by atoms with Crippen molar-refractivity contribution in [3.05, 3.63) is 59.8 Å². The van der Waals surface area contributed by atoms with Crippen LogP contribution < -0.4 is 20.7 Å². The number of anilines is 4. The molecule has 0 saturated carbocycles. The first kappa shape index (κ1) is 32.1. The van der Waals surface area contributed by atoms with E-state index in [9.17, 15) is 13.2 Å². The maximum Gasteiger partial charge on any atom is 0.236 e. The third-order valence-electron chi connectivity index (χ3n) is 8.00. The van der Waals surface area contributed by atoms with Crippen molar-refractivity contribution in [3.8, 4) is 5.75 Å². The molecule has 1 amide bonds. The summed E-state index contributed by atoms with van der Waals surface area (Å²) in [6.07, 6.45) is 3.28. The van der Waals surface area contributed by atoms with Gasteiger partial charge in [-0.15, -0.1) is 0 Å². The molecule has 0 atom stereocenters. The Bertz CT molecular complexity index is 1770. The summed E-state index contributed by atoms with van der Waals surface area (Å²) in [7, 11) is -1.95. The van der Waals surface area contributed by atoms with Crippen molar-refractivity contribution in [1.29, 1.82) is 0 Å². The molecule has 0 radical (unpaired) electrons. The molecule has 0 bridgehead atoms. The fourth-order valence-electron chi connectivity index (χ4n) is 5.51. The number of ether oxygens (including phenoxy) is 1. The number of aliphatic hydroxyl groups is 1. The third-order valence-corrected chi connectivity index (χ3v) is 10.2. The Hall–Kier alpha value is -4.27. The maximum atomic E-state index is 13.1. The number of aryl methyl sites for hydroxylation is 1.